The Hall–Kier alpha value is -2.66. The third-order valence-electron chi connectivity index (χ3n) is 7.68. The molecule has 1 N–H and O–H groups in total. The molecule has 2 fully saturated rings. The average molecular weight is 502 g/mol. The summed E-state index contributed by atoms with van der Waals surface area (Å²) < 4.78 is 5.57. The summed E-state index contributed by atoms with van der Waals surface area (Å²) in [5.74, 6) is 0.591. The Morgan fingerprint density at radius 2 is 1.75 bits per heavy atom. The number of fused-ring (bicyclic) bond motifs is 5. The molecule has 2 heterocycles. The second-order valence-electron chi connectivity index (χ2n) is 10.1. The van der Waals surface area contributed by atoms with Gasteiger partial charge in [0.15, 0.2) is 0 Å². The monoisotopic (exact) mass is 501 g/mol. The van der Waals surface area contributed by atoms with Crippen LogP contribution in [0.15, 0.2) is 54.7 Å². The van der Waals surface area contributed by atoms with Crippen LogP contribution in [0, 0.1) is 0 Å². The van der Waals surface area contributed by atoms with Gasteiger partial charge in [-0.2, -0.15) is 0 Å². The fraction of sp³-hybridized carbons (Fsp3) is 0.452. The zero-order valence-corrected chi connectivity index (χ0v) is 22.8. The number of benzene rings is 2. The molecule has 1 amide bonds. The van der Waals surface area contributed by atoms with Crippen LogP contribution in [0.4, 0.5) is 5.69 Å². The minimum Gasteiger partial charge on any atom is -0.344 e. The van der Waals surface area contributed by atoms with Crippen LogP contribution >= 0.6 is 11.9 Å². The van der Waals surface area contributed by atoms with Gasteiger partial charge >= 0.3 is 0 Å². The van der Waals surface area contributed by atoms with E-state index in [1.807, 2.05) is 19.9 Å². The molecule has 0 bridgehead atoms. The van der Waals surface area contributed by atoms with Gasteiger partial charge in [-0.3, -0.25) is 9.52 Å². The number of hydrogen-bond donors (Lipinski definition) is 1. The van der Waals surface area contributed by atoms with Gasteiger partial charge in [0.1, 0.15) is 0 Å². The van der Waals surface area contributed by atoms with Gasteiger partial charge in [-0.25, -0.2) is 0 Å². The molecule has 6 rings (SSSR count). The Morgan fingerprint density at radius 3 is 2.47 bits per heavy atom. The predicted molar refractivity (Wildman–Crippen MR) is 155 cm³/mol. The van der Waals surface area contributed by atoms with Crippen molar-refractivity contribution in [1.82, 2.24) is 9.29 Å². The van der Waals surface area contributed by atoms with Gasteiger partial charge in [0.05, 0.1) is 11.4 Å². The average Bonchev–Trinajstić information content (AvgIpc) is 3.72. The van der Waals surface area contributed by atoms with Crippen molar-refractivity contribution >= 4 is 34.4 Å². The Morgan fingerprint density at radius 1 is 1.00 bits per heavy atom. The first-order valence-corrected chi connectivity index (χ1v) is 14.6. The topological polar surface area (TPSA) is 37.3 Å². The van der Waals surface area contributed by atoms with Gasteiger partial charge in [-0.05, 0) is 74.2 Å². The Kier molecular flexibility index (Phi) is 7.47. The van der Waals surface area contributed by atoms with Gasteiger partial charge < -0.3 is 9.47 Å². The molecule has 0 unspecified atom stereocenters. The van der Waals surface area contributed by atoms with E-state index in [0.29, 0.717) is 11.2 Å². The van der Waals surface area contributed by atoms with E-state index in [-0.39, 0.29) is 5.91 Å². The maximum atomic E-state index is 12.9. The van der Waals surface area contributed by atoms with Crippen LogP contribution < -0.4 is 9.62 Å². The smallest absolute Gasteiger partial charge is 0.261 e. The number of amides is 1. The first-order chi connectivity index (χ1) is 17.6. The van der Waals surface area contributed by atoms with Crippen molar-refractivity contribution in [2.24, 2.45) is 0 Å². The first-order valence-electron chi connectivity index (χ1n) is 13.8. The highest BCUT2D eigenvalue weighted by atomic mass is 32.2. The molecule has 190 valence electrons. The molecule has 36 heavy (non-hydrogen) atoms. The number of allylic oxidation sites excluding steroid dienone is 1. The number of rotatable bonds is 5. The predicted octanol–water partition coefficient (Wildman–Crippen LogP) is 8.28. The quantitative estimate of drug-likeness (QED) is 0.357. The summed E-state index contributed by atoms with van der Waals surface area (Å²) in [4.78, 5) is 15.3. The number of hydrogen-bond acceptors (Lipinski definition) is 3. The van der Waals surface area contributed by atoms with Crippen LogP contribution in [0.25, 0.3) is 22.2 Å². The fourth-order valence-corrected chi connectivity index (χ4v) is 6.62. The number of carbonyl (C=O) groups excluding carboxylic acids is 1. The van der Waals surface area contributed by atoms with Gasteiger partial charge in [0.25, 0.3) is 5.91 Å². The zero-order valence-electron chi connectivity index (χ0n) is 22.0. The lowest BCUT2D eigenvalue weighted by atomic mass is 9.81. The minimum absolute atomic E-state index is 0.0196. The molecule has 0 spiro atoms. The number of aromatic nitrogens is 1. The number of anilines is 1. The highest BCUT2D eigenvalue weighted by Gasteiger charge is 2.31. The summed E-state index contributed by atoms with van der Waals surface area (Å²) in [5.41, 5.74) is 8.39. The van der Waals surface area contributed by atoms with Crippen LogP contribution in [0.5, 0.6) is 0 Å². The molecule has 3 aromatic rings. The summed E-state index contributed by atoms with van der Waals surface area (Å²) in [7, 11) is 0. The molecular formula is C31H39N3OS. The van der Waals surface area contributed by atoms with Crippen LogP contribution in [0.2, 0.25) is 0 Å². The van der Waals surface area contributed by atoms with Crippen molar-refractivity contribution in [2.45, 2.75) is 83.4 Å². The van der Waals surface area contributed by atoms with Crippen molar-refractivity contribution in [3.63, 3.8) is 0 Å². The van der Waals surface area contributed by atoms with Gasteiger partial charge in [-0.1, -0.05) is 64.0 Å². The first kappa shape index (κ1) is 25.0. The van der Waals surface area contributed by atoms with E-state index in [0.717, 1.165) is 24.4 Å². The third kappa shape index (κ3) is 4.70. The van der Waals surface area contributed by atoms with Crippen molar-refractivity contribution in [1.29, 1.82) is 0 Å². The third-order valence-corrected chi connectivity index (χ3v) is 8.79. The molecule has 2 aliphatic carbocycles. The standard InChI is InChI=1S/C29H33N3OS.C2H6/c1-19(2)31-16-17-32-26-18-21(29(33)30-34-22-13-14-22)12-15-23(26)27(20-8-4-3-5-9-20)28(32)24-10-6-7-11-25(24)31;1-2/h6-7,10-12,15,18,20,22H,1,3-5,8-9,13-14,16-17H2,2H3,(H,30,33);1-2H3. The molecule has 0 saturated heterocycles. The summed E-state index contributed by atoms with van der Waals surface area (Å²) in [6, 6.07) is 15.2. The van der Waals surface area contributed by atoms with E-state index in [1.54, 1.807) is 11.9 Å². The maximum Gasteiger partial charge on any atom is 0.261 e. The molecular weight excluding hydrogens is 462 g/mol. The van der Waals surface area contributed by atoms with Crippen LogP contribution in [-0.4, -0.2) is 22.3 Å². The number of para-hydroxylation sites is 1. The summed E-state index contributed by atoms with van der Waals surface area (Å²) >= 11 is 1.58. The SMILES string of the molecule is C=C(C)N1CCn2c(c(C3CCCCC3)c3ccc(C(=O)NSC4CC4)cc32)-c2ccccc21.CC. The van der Waals surface area contributed by atoms with Gasteiger partial charge in [-0.15, -0.1) is 0 Å². The largest absolute Gasteiger partial charge is 0.344 e. The second kappa shape index (κ2) is 10.8. The van der Waals surface area contributed by atoms with Gasteiger partial charge in [0, 0.05) is 46.1 Å². The molecule has 2 aromatic carbocycles. The molecule has 1 aliphatic heterocycles. The Labute approximate surface area is 220 Å². The Bertz CT molecular complexity index is 1270. The molecule has 0 atom stereocenters. The molecule has 4 nitrogen and oxygen atoms in total. The lowest BCUT2D eigenvalue weighted by Crippen LogP contribution is -2.23. The molecule has 3 aliphatic rings. The van der Waals surface area contributed by atoms with Crippen molar-refractivity contribution in [3.05, 3.63) is 65.9 Å². The highest BCUT2D eigenvalue weighted by molar-refractivity contribution is 7.98. The molecule has 5 heteroatoms. The van der Waals surface area contributed by atoms with E-state index in [1.165, 1.54) is 78.4 Å². The van der Waals surface area contributed by atoms with Crippen molar-refractivity contribution in [2.75, 3.05) is 11.4 Å². The van der Waals surface area contributed by atoms with Gasteiger partial charge in [0.2, 0.25) is 0 Å². The number of nitrogens with zero attached hydrogens (tertiary/aromatic N) is 2. The van der Waals surface area contributed by atoms with E-state index in [4.69, 9.17) is 0 Å². The molecule has 1 aromatic heterocycles. The van der Waals surface area contributed by atoms with Crippen molar-refractivity contribution in [3.8, 4) is 11.3 Å². The van der Waals surface area contributed by atoms with Crippen LogP contribution in [0.3, 0.4) is 0 Å². The lowest BCUT2D eigenvalue weighted by Gasteiger charge is -2.26. The summed E-state index contributed by atoms with van der Waals surface area (Å²) in [5, 5.41) is 1.92. The maximum absolute atomic E-state index is 12.9. The fourth-order valence-electron chi connectivity index (χ4n) is 5.85. The Balaban J connectivity index is 0.00000130. The van der Waals surface area contributed by atoms with Crippen molar-refractivity contribution < 1.29 is 4.79 Å². The van der Waals surface area contributed by atoms with E-state index in [9.17, 15) is 4.79 Å². The lowest BCUT2D eigenvalue weighted by molar-refractivity contribution is 0.0984. The summed E-state index contributed by atoms with van der Waals surface area (Å²) in [6.07, 6.45) is 8.86. The van der Waals surface area contributed by atoms with Crippen LogP contribution in [-0.2, 0) is 6.54 Å². The van der Waals surface area contributed by atoms with E-state index >= 15 is 0 Å². The highest BCUT2D eigenvalue weighted by Crippen LogP contribution is 2.47. The van der Waals surface area contributed by atoms with Crippen LogP contribution in [0.1, 0.15) is 87.6 Å². The number of carbonyl (C=O) groups is 1. The minimum atomic E-state index is 0.0196. The van der Waals surface area contributed by atoms with E-state index < -0.39 is 0 Å². The summed E-state index contributed by atoms with van der Waals surface area (Å²) in [6.45, 7) is 12.1. The normalized spacial score (nSPS) is 17.5. The number of nitrogens with one attached hydrogen (secondary N) is 1. The second-order valence-corrected chi connectivity index (χ2v) is 11.2. The zero-order chi connectivity index (χ0) is 25.2. The van der Waals surface area contributed by atoms with E-state index in [2.05, 4.69) is 64.1 Å². The molecule has 2 saturated carbocycles. The molecule has 0 radical (unpaired) electrons.